The number of aromatic hydroxyl groups is 1. The first-order chi connectivity index (χ1) is 7.65. The van der Waals surface area contributed by atoms with Crippen molar-refractivity contribution in [2.45, 2.75) is 38.6 Å². The highest BCUT2D eigenvalue weighted by atomic mass is 35.5. The van der Waals surface area contributed by atoms with Gasteiger partial charge in [-0.25, -0.2) is 0 Å². The van der Waals surface area contributed by atoms with Crippen LogP contribution in [0.2, 0.25) is 5.02 Å². The molecule has 3 heteroatoms. The number of phenolic OH excluding ortho intramolecular Hbond substituents is 1. The highest BCUT2D eigenvalue weighted by molar-refractivity contribution is 6.32. The van der Waals surface area contributed by atoms with Crippen molar-refractivity contribution in [3.8, 4) is 5.75 Å². The predicted molar refractivity (Wildman–Crippen MR) is 68.2 cm³/mol. The van der Waals surface area contributed by atoms with Crippen molar-refractivity contribution < 1.29 is 5.11 Å². The van der Waals surface area contributed by atoms with E-state index in [0.29, 0.717) is 11.1 Å². The van der Waals surface area contributed by atoms with Gasteiger partial charge in [-0.3, -0.25) is 0 Å². The molecule has 2 nitrogen and oxygen atoms in total. The van der Waals surface area contributed by atoms with E-state index in [-0.39, 0.29) is 5.75 Å². The lowest BCUT2D eigenvalue weighted by Gasteiger charge is -2.28. The quantitative estimate of drug-likeness (QED) is 0.778. The molecule has 0 radical (unpaired) electrons. The molecule has 1 unspecified atom stereocenters. The molecule has 0 bridgehead atoms. The molecule has 2 rings (SSSR count). The predicted octanol–water partition coefficient (Wildman–Crippen LogP) is 4.04. The highest BCUT2D eigenvalue weighted by Gasteiger charge is 2.19. The fourth-order valence-electron chi connectivity index (χ4n) is 2.17. The minimum Gasteiger partial charge on any atom is -0.506 e. The molecule has 16 heavy (non-hydrogen) atoms. The SMILES string of the molecule is CC(CC1CCC1)Nc1ccc(O)c(Cl)c1. The summed E-state index contributed by atoms with van der Waals surface area (Å²) in [6.45, 7) is 2.19. The minimum atomic E-state index is 0.138. The van der Waals surface area contributed by atoms with E-state index in [1.807, 2.05) is 6.07 Å². The van der Waals surface area contributed by atoms with Crippen LogP contribution in [0.25, 0.3) is 0 Å². The largest absolute Gasteiger partial charge is 0.506 e. The second kappa shape index (κ2) is 4.96. The molecule has 0 amide bonds. The third-order valence-corrected chi connectivity index (χ3v) is 3.58. The van der Waals surface area contributed by atoms with E-state index in [9.17, 15) is 5.11 Å². The summed E-state index contributed by atoms with van der Waals surface area (Å²) in [5.41, 5.74) is 0.981. The first-order valence-electron chi connectivity index (χ1n) is 5.90. The average molecular weight is 240 g/mol. The zero-order chi connectivity index (χ0) is 11.5. The van der Waals surface area contributed by atoms with Gasteiger partial charge < -0.3 is 10.4 Å². The van der Waals surface area contributed by atoms with Gasteiger partial charge >= 0.3 is 0 Å². The molecule has 1 aromatic rings. The van der Waals surface area contributed by atoms with Gasteiger partial charge in [0.1, 0.15) is 5.75 Å². The van der Waals surface area contributed by atoms with Crippen molar-refractivity contribution in [2.75, 3.05) is 5.32 Å². The highest BCUT2D eigenvalue weighted by Crippen LogP contribution is 2.32. The number of benzene rings is 1. The Kier molecular flexibility index (Phi) is 3.59. The summed E-state index contributed by atoms with van der Waals surface area (Å²) < 4.78 is 0. The molecule has 0 aromatic heterocycles. The lowest BCUT2D eigenvalue weighted by molar-refractivity contribution is 0.286. The van der Waals surface area contributed by atoms with Crippen molar-refractivity contribution in [3.05, 3.63) is 23.2 Å². The van der Waals surface area contributed by atoms with Crippen LogP contribution in [0, 0.1) is 5.92 Å². The van der Waals surface area contributed by atoms with Crippen molar-refractivity contribution in [1.29, 1.82) is 0 Å². The molecule has 1 aliphatic carbocycles. The normalized spacial score (nSPS) is 17.9. The molecule has 1 aromatic carbocycles. The smallest absolute Gasteiger partial charge is 0.134 e. The third kappa shape index (κ3) is 2.82. The van der Waals surface area contributed by atoms with E-state index in [4.69, 9.17) is 11.6 Å². The van der Waals surface area contributed by atoms with E-state index in [1.54, 1.807) is 12.1 Å². The number of anilines is 1. The van der Waals surface area contributed by atoms with Gasteiger partial charge in [0.05, 0.1) is 5.02 Å². The van der Waals surface area contributed by atoms with Crippen LogP contribution in [0.5, 0.6) is 5.75 Å². The van der Waals surface area contributed by atoms with Gasteiger partial charge in [0, 0.05) is 11.7 Å². The molecule has 0 spiro atoms. The molecular weight excluding hydrogens is 222 g/mol. The van der Waals surface area contributed by atoms with Gasteiger partial charge in [-0.05, 0) is 37.5 Å². The maximum atomic E-state index is 9.31. The average Bonchev–Trinajstić information content (AvgIpc) is 2.18. The van der Waals surface area contributed by atoms with Gasteiger partial charge in [0.15, 0.2) is 0 Å². The Balaban J connectivity index is 1.89. The second-order valence-electron chi connectivity index (χ2n) is 4.74. The summed E-state index contributed by atoms with van der Waals surface area (Å²) in [6, 6.07) is 5.72. The van der Waals surface area contributed by atoms with Crippen molar-refractivity contribution in [3.63, 3.8) is 0 Å². The fraction of sp³-hybridized carbons (Fsp3) is 0.538. The van der Waals surface area contributed by atoms with Crippen LogP contribution in [-0.2, 0) is 0 Å². The third-order valence-electron chi connectivity index (χ3n) is 3.27. The van der Waals surface area contributed by atoms with Gasteiger partial charge in [0.2, 0.25) is 0 Å². The van der Waals surface area contributed by atoms with Gasteiger partial charge in [-0.2, -0.15) is 0 Å². The number of phenols is 1. The molecule has 0 saturated heterocycles. The summed E-state index contributed by atoms with van der Waals surface area (Å²) in [4.78, 5) is 0. The molecule has 1 fully saturated rings. The van der Waals surface area contributed by atoms with Crippen LogP contribution in [0.1, 0.15) is 32.6 Å². The van der Waals surface area contributed by atoms with E-state index >= 15 is 0 Å². The van der Waals surface area contributed by atoms with Crippen molar-refractivity contribution in [1.82, 2.24) is 0 Å². The van der Waals surface area contributed by atoms with Crippen LogP contribution in [0.15, 0.2) is 18.2 Å². The van der Waals surface area contributed by atoms with E-state index in [0.717, 1.165) is 11.6 Å². The Bertz CT molecular complexity index is 363. The number of nitrogens with one attached hydrogen (secondary N) is 1. The summed E-state index contributed by atoms with van der Waals surface area (Å²) in [5, 5.41) is 13.1. The first-order valence-corrected chi connectivity index (χ1v) is 6.28. The number of halogens is 1. The van der Waals surface area contributed by atoms with Gasteiger partial charge in [-0.1, -0.05) is 30.9 Å². The Morgan fingerprint density at radius 2 is 2.25 bits per heavy atom. The summed E-state index contributed by atoms with van der Waals surface area (Å²) in [7, 11) is 0. The topological polar surface area (TPSA) is 32.3 Å². The van der Waals surface area contributed by atoms with Crippen LogP contribution in [0.3, 0.4) is 0 Å². The van der Waals surface area contributed by atoms with Crippen LogP contribution >= 0.6 is 11.6 Å². The Morgan fingerprint density at radius 3 is 2.81 bits per heavy atom. The number of rotatable bonds is 4. The minimum absolute atomic E-state index is 0.138. The lowest BCUT2D eigenvalue weighted by atomic mass is 9.81. The Morgan fingerprint density at radius 1 is 1.50 bits per heavy atom. The molecule has 88 valence electrons. The zero-order valence-corrected chi connectivity index (χ0v) is 10.3. The molecule has 1 saturated carbocycles. The summed E-state index contributed by atoms with van der Waals surface area (Å²) >= 11 is 5.85. The van der Waals surface area contributed by atoms with E-state index in [1.165, 1.54) is 25.7 Å². The Labute approximate surface area is 102 Å². The van der Waals surface area contributed by atoms with Gasteiger partial charge in [-0.15, -0.1) is 0 Å². The van der Waals surface area contributed by atoms with Crippen molar-refractivity contribution in [2.24, 2.45) is 5.92 Å². The maximum absolute atomic E-state index is 9.31. The second-order valence-corrected chi connectivity index (χ2v) is 5.15. The van der Waals surface area contributed by atoms with E-state index < -0.39 is 0 Å². The summed E-state index contributed by atoms with van der Waals surface area (Å²) in [6.07, 6.45) is 5.37. The number of hydrogen-bond donors (Lipinski definition) is 2. The van der Waals surface area contributed by atoms with Crippen molar-refractivity contribution >= 4 is 17.3 Å². The van der Waals surface area contributed by atoms with Crippen LogP contribution < -0.4 is 5.32 Å². The molecule has 0 heterocycles. The standard InChI is InChI=1S/C13H18ClNO/c1-9(7-10-3-2-4-10)15-11-5-6-13(16)12(14)8-11/h5-6,8-10,15-16H,2-4,7H2,1H3. The Hall–Kier alpha value is -0.890. The zero-order valence-electron chi connectivity index (χ0n) is 9.54. The summed E-state index contributed by atoms with van der Waals surface area (Å²) in [5.74, 6) is 1.04. The monoisotopic (exact) mass is 239 g/mol. The lowest BCUT2D eigenvalue weighted by Crippen LogP contribution is -2.23. The maximum Gasteiger partial charge on any atom is 0.134 e. The van der Waals surface area contributed by atoms with E-state index in [2.05, 4.69) is 12.2 Å². The molecule has 2 N–H and O–H groups in total. The fourth-order valence-corrected chi connectivity index (χ4v) is 2.35. The molecular formula is C13H18ClNO. The van der Waals surface area contributed by atoms with Crippen LogP contribution in [-0.4, -0.2) is 11.1 Å². The van der Waals surface area contributed by atoms with Gasteiger partial charge in [0.25, 0.3) is 0 Å². The number of hydrogen-bond acceptors (Lipinski definition) is 2. The van der Waals surface area contributed by atoms with Crippen LogP contribution in [0.4, 0.5) is 5.69 Å². The molecule has 0 aliphatic heterocycles. The molecule has 1 aliphatic rings. The first kappa shape index (κ1) is 11.6. The molecule has 1 atom stereocenters.